The molecule has 4 aromatic heterocycles. The van der Waals surface area contributed by atoms with Gasteiger partial charge in [-0.2, -0.15) is 0 Å². The lowest BCUT2D eigenvalue weighted by Gasteiger charge is -2.26. The average Bonchev–Trinajstić information content (AvgIpc) is 1.57. The maximum atomic E-state index is 6.41. The van der Waals surface area contributed by atoms with Crippen LogP contribution in [0.25, 0.3) is 166 Å². The van der Waals surface area contributed by atoms with Crippen LogP contribution in [0.4, 0.5) is 28.4 Å². The number of benzene rings is 18. The molecule has 22 rings (SSSR count). The molecule has 0 saturated heterocycles. The number of fused-ring (bicyclic) bond motifs is 12. The second kappa shape index (κ2) is 30.5. The molecule has 0 aliphatic carbocycles. The molecule has 0 spiro atoms. The van der Waals surface area contributed by atoms with E-state index in [9.17, 15) is 0 Å². The molecule has 0 radical (unpaired) electrons. The van der Waals surface area contributed by atoms with E-state index >= 15 is 0 Å². The van der Waals surface area contributed by atoms with Crippen LogP contribution in [0.5, 0.6) is 0 Å². The fourth-order valence-electron chi connectivity index (χ4n) is 16.5. The second-order valence-electron chi connectivity index (χ2n) is 28.8. The largest absolute Gasteiger partial charge is 0.455 e. The van der Waals surface area contributed by atoms with Crippen molar-refractivity contribution < 1.29 is 8.83 Å². The van der Waals surface area contributed by atoms with Crippen LogP contribution in [0.3, 0.4) is 0 Å². The lowest BCUT2D eigenvalue weighted by atomic mass is 10.0. The predicted molar refractivity (Wildman–Crippen MR) is 487 cm³/mol. The van der Waals surface area contributed by atoms with Crippen LogP contribution in [0, 0.1) is 0 Å². The molecular weight excluding hydrogens is 1470 g/mol. The first-order valence-corrected chi connectivity index (χ1v) is 39.7. The highest BCUT2D eigenvalue weighted by molar-refractivity contribution is 9.10. The van der Waals surface area contributed by atoms with Gasteiger partial charge in [-0.25, -0.2) is 0 Å². The summed E-state index contributed by atoms with van der Waals surface area (Å²) in [5.41, 5.74) is 30.3. The minimum absolute atomic E-state index is 0.905. The maximum absolute atomic E-state index is 6.41. The minimum atomic E-state index is 0.905. The molecule has 0 unspecified atom stereocenters. The van der Waals surface area contributed by atoms with Crippen LogP contribution < -0.4 is 10.2 Å². The molecule has 18 aromatic carbocycles. The van der Waals surface area contributed by atoms with Crippen molar-refractivity contribution in [3.8, 4) is 78.1 Å². The predicted octanol–water partition coefficient (Wildman–Crippen LogP) is 31.0. The Bertz CT molecular complexity index is 7160. The first-order valence-electron chi connectivity index (χ1n) is 38.9. The molecule has 1 N–H and O–H groups in total. The normalized spacial score (nSPS) is 11.3. The lowest BCUT2D eigenvalue weighted by molar-refractivity contribution is 0.669. The van der Waals surface area contributed by atoms with Gasteiger partial charge in [0.2, 0.25) is 0 Å². The quantitative estimate of drug-likeness (QED) is 0.125. The number of para-hydroxylation sites is 10. The number of nitrogens with zero attached hydrogens (tertiary/aromatic N) is 3. The summed E-state index contributed by atoms with van der Waals surface area (Å²) in [6.07, 6.45) is 0. The van der Waals surface area contributed by atoms with Crippen molar-refractivity contribution in [3.63, 3.8) is 0 Å². The third-order valence-electron chi connectivity index (χ3n) is 22.0. The zero-order chi connectivity index (χ0) is 76.5. The van der Waals surface area contributed by atoms with E-state index in [1.165, 1.54) is 88.2 Å². The molecule has 0 aliphatic heterocycles. The number of hydrogen-bond donors (Lipinski definition) is 1. The molecule has 0 bridgehead atoms. The SMILES string of the molecule is Brc1ccc(-c2ccccc2-n2c3ccccc3c3ccccc32)cc1.c1ccc(-c2ccc(N(c3ccc(-c4ccccc4-n4c5ccccc5c5ccccc54)cc3)c3ccc(-c4cccc5c4oc4ccccc45)cc3)cc2)cc1.c1ccc(-c2ccc(Nc3ccc(-c4cccc5c4oc4ccccc45)cc3)cc2)cc1. The molecule has 0 fully saturated rings. The third-order valence-corrected chi connectivity index (χ3v) is 22.5. The van der Waals surface area contributed by atoms with Crippen molar-refractivity contribution in [3.05, 3.63) is 441 Å². The van der Waals surface area contributed by atoms with E-state index in [2.05, 4.69) is 442 Å². The van der Waals surface area contributed by atoms with Crippen molar-refractivity contribution in [1.82, 2.24) is 9.13 Å². The standard InChI is InChI=1S/C54H36N2O.C30H21NO.C24H16BrN/c1-2-13-37(14-3-1)38-25-31-41(32-26-38)55(43-35-29-40(30-36-43)45-19-12-20-49-48-18-7-11-24-53(48)57-54(45)49)42-33-27-39(28-34-42)44-15-4-8-21-50(44)56-51-22-9-5-16-46(51)47-17-6-10-23-52(47)56;1-2-7-21(8-3-1)22-13-17-24(18-14-22)31-25-19-15-23(16-20-25)26-10-6-11-28-27-9-4-5-12-29(27)32-30(26)28;25-18-15-13-17(14-16-18)19-7-1-4-10-22(19)26-23-11-5-2-8-20(23)21-9-3-6-12-24(21)26/h1-36H;1-20,31H;1-16H. The molecule has 6 nitrogen and oxygen atoms in total. The van der Waals surface area contributed by atoms with Crippen molar-refractivity contribution >= 4 is 132 Å². The van der Waals surface area contributed by atoms with Gasteiger partial charge in [-0.15, -0.1) is 0 Å². The molecule has 4 heterocycles. The minimum Gasteiger partial charge on any atom is -0.455 e. The Kier molecular flexibility index (Phi) is 18.4. The van der Waals surface area contributed by atoms with Gasteiger partial charge in [0.1, 0.15) is 22.3 Å². The van der Waals surface area contributed by atoms with Crippen LogP contribution in [0.2, 0.25) is 0 Å². The fraction of sp³-hybridized carbons (Fsp3) is 0. The highest BCUT2D eigenvalue weighted by atomic mass is 79.9. The zero-order valence-corrected chi connectivity index (χ0v) is 64.2. The van der Waals surface area contributed by atoms with Crippen molar-refractivity contribution in [1.29, 1.82) is 0 Å². The van der Waals surface area contributed by atoms with Crippen LogP contribution in [0.15, 0.2) is 450 Å². The van der Waals surface area contributed by atoms with Gasteiger partial charge in [-0.1, -0.05) is 331 Å². The van der Waals surface area contributed by atoms with E-state index in [1.54, 1.807) is 0 Å². The summed E-state index contributed by atoms with van der Waals surface area (Å²) in [6.45, 7) is 0. The molecular formula is C108H73BrN4O2. The Labute approximate surface area is 674 Å². The molecule has 7 heteroatoms. The number of aromatic nitrogens is 2. The summed E-state index contributed by atoms with van der Waals surface area (Å²) in [6, 6.07) is 154. The molecule has 544 valence electrons. The van der Waals surface area contributed by atoms with E-state index < -0.39 is 0 Å². The van der Waals surface area contributed by atoms with Crippen LogP contribution in [-0.4, -0.2) is 9.13 Å². The molecule has 0 atom stereocenters. The number of rotatable bonds is 13. The first kappa shape index (κ1) is 69.4. The Hall–Kier alpha value is -14.8. The molecule has 0 amide bonds. The number of halogens is 1. The molecule has 0 saturated carbocycles. The second-order valence-corrected chi connectivity index (χ2v) is 29.7. The number of furan rings is 2. The van der Waals surface area contributed by atoms with E-state index in [4.69, 9.17) is 8.83 Å². The van der Waals surface area contributed by atoms with Gasteiger partial charge in [0, 0.05) is 98.3 Å². The molecule has 115 heavy (non-hydrogen) atoms. The summed E-state index contributed by atoms with van der Waals surface area (Å²) in [5, 5.41) is 13.2. The van der Waals surface area contributed by atoms with Crippen molar-refractivity contribution in [2.45, 2.75) is 0 Å². The average molecular weight is 1540 g/mol. The van der Waals surface area contributed by atoms with Crippen molar-refractivity contribution in [2.24, 2.45) is 0 Å². The van der Waals surface area contributed by atoms with Crippen LogP contribution >= 0.6 is 15.9 Å². The van der Waals surface area contributed by atoms with E-state index in [1.807, 2.05) is 30.3 Å². The highest BCUT2D eigenvalue weighted by Crippen LogP contribution is 2.44. The first-order chi connectivity index (χ1) is 57.0. The Morgan fingerprint density at radius 3 is 0.870 bits per heavy atom. The van der Waals surface area contributed by atoms with Crippen LogP contribution in [0.1, 0.15) is 0 Å². The number of anilines is 5. The summed E-state index contributed by atoms with van der Waals surface area (Å²) in [5.74, 6) is 0. The fourth-order valence-corrected chi connectivity index (χ4v) is 16.8. The summed E-state index contributed by atoms with van der Waals surface area (Å²) in [4.78, 5) is 2.34. The van der Waals surface area contributed by atoms with E-state index in [0.717, 1.165) is 110 Å². The smallest absolute Gasteiger partial charge is 0.143 e. The topological polar surface area (TPSA) is 51.4 Å². The summed E-state index contributed by atoms with van der Waals surface area (Å²) < 4.78 is 18.5. The maximum Gasteiger partial charge on any atom is 0.143 e. The van der Waals surface area contributed by atoms with E-state index in [0.29, 0.717) is 0 Å². The van der Waals surface area contributed by atoms with Gasteiger partial charge in [0.05, 0.1) is 33.4 Å². The van der Waals surface area contributed by atoms with Crippen LogP contribution in [-0.2, 0) is 0 Å². The van der Waals surface area contributed by atoms with Gasteiger partial charge in [0.25, 0.3) is 0 Å². The Morgan fingerprint density at radius 1 is 0.209 bits per heavy atom. The lowest BCUT2D eigenvalue weighted by Crippen LogP contribution is -2.09. The Balaban J connectivity index is 0.000000124. The highest BCUT2D eigenvalue weighted by Gasteiger charge is 2.21. The monoisotopic (exact) mass is 1540 g/mol. The van der Waals surface area contributed by atoms with Crippen molar-refractivity contribution in [2.75, 3.05) is 10.2 Å². The number of nitrogens with one attached hydrogen (secondary N) is 1. The van der Waals surface area contributed by atoms with Gasteiger partial charge in [-0.05, 0) is 166 Å². The van der Waals surface area contributed by atoms with Gasteiger partial charge in [0.15, 0.2) is 0 Å². The molecule has 0 aliphatic rings. The van der Waals surface area contributed by atoms with Gasteiger partial charge in [-0.3, -0.25) is 0 Å². The van der Waals surface area contributed by atoms with Gasteiger partial charge < -0.3 is 28.2 Å². The van der Waals surface area contributed by atoms with E-state index in [-0.39, 0.29) is 0 Å². The Morgan fingerprint density at radius 2 is 0.478 bits per heavy atom. The van der Waals surface area contributed by atoms with Gasteiger partial charge >= 0.3 is 0 Å². The summed E-state index contributed by atoms with van der Waals surface area (Å²) in [7, 11) is 0. The zero-order valence-electron chi connectivity index (χ0n) is 62.6. The third kappa shape index (κ3) is 13.3. The number of hydrogen-bond acceptors (Lipinski definition) is 4. The summed E-state index contributed by atoms with van der Waals surface area (Å²) >= 11 is 3.54. The molecule has 22 aromatic rings.